The molecule has 0 radical (unpaired) electrons. The molecule has 6 nitrogen and oxygen atoms in total. The molecule has 3 saturated heterocycles. The topological polar surface area (TPSA) is 65.5 Å². The van der Waals surface area contributed by atoms with E-state index in [1.165, 1.54) is 50.6 Å². The number of benzene rings is 1. The summed E-state index contributed by atoms with van der Waals surface area (Å²) >= 11 is 9.51. The maximum Gasteiger partial charge on any atom is 0.222 e. The molecule has 2 aromatic rings. The highest BCUT2D eigenvalue weighted by Crippen LogP contribution is 2.45. The van der Waals surface area contributed by atoms with Crippen molar-refractivity contribution in [3.8, 4) is 0 Å². The molecule has 40 heavy (non-hydrogen) atoms. The number of pyridine rings is 1. The first-order chi connectivity index (χ1) is 19.4. The van der Waals surface area contributed by atoms with E-state index in [-0.39, 0.29) is 11.8 Å². The van der Waals surface area contributed by atoms with Gasteiger partial charge in [-0.2, -0.15) is 0 Å². The molecule has 4 aliphatic rings. The number of hydrogen-bond acceptors (Lipinski definition) is 5. The maximum atomic E-state index is 13.1. The van der Waals surface area contributed by atoms with Gasteiger partial charge in [0.1, 0.15) is 0 Å². The second-order valence-corrected chi connectivity index (χ2v) is 14.4. The lowest BCUT2D eigenvalue weighted by atomic mass is 9.76. The van der Waals surface area contributed by atoms with Crippen LogP contribution in [0.2, 0.25) is 0 Å². The zero-order valence-corrected chi connectivity index (χ0v) is 27.3. The molecule has 9 heteroatoms. The van der Waals surface area contributed by atoms with Crippen molar-refractivity contribution in [3.05, 3.63) is 61.3 Å². The van der Waals surface area contributed by atoms with E-state index in [1.54, 1.807) is 0 Å². The fourth-order valence-corrected chi connectivity index (χ4v) is 8.66. The minimum Gasteiger partial charge on any atom is -0.345 e. The van der Waals surface area contributed by atoms with Crippen molar-refractivity contribution in [2.45, 2.75) is 57.8 Å². The largest absolute Gasteiger partial charge is 0.345 e. The first-order valence-electron chi connectivity index (χ1n) is 14.6. The lowest BCUT2D eigenvalue weighted by Crippen LogP contribution is -2.42. The van der Waals surface area contributed by atoms with Crippen LogP contribution in [0.15, 0.2) is 33.3 Å². The number of piperidine rings is 2. The third-order valence-electron chi connectivity index (χ3n) is 8.85. The number of nitrogens with zero attached hydrogens (tertiary/aromatic N) is 3. The van der Waals surface area contributed by atoms with Crippen molar-refractivity contribution < 1.29 is 9.59 Å². The molecule has 1 aromatic heterocycles. The molecule has 0 unspecified atom stereocenters. The van der Waals surface area contributed by atoms with Gasteiger partial charge in [0, 0.05) is 71.8 Å². The van der Waals surface area contributed by atoms with E-state index in [9.17, 15) is 9.59 Å². The Morgan fingerprint density at radius 3 is 2.48 bits per heavy atom. The number of hydrogen-bond donors (Lipinski definition) is 1. The van der Waals surface area contributed by atoms with Crippen LogP contribution in [0.5, 0.6) is 0 Å². The number of halogens is 2. The van der Waals surface area contributed by atoms with E-state index < -0.39 is 0 Å². The smallest absolute Gasteiger partial charge is 0.222 e. The molecule has 2 amide bonds. The average Bonchev–Trinajstić information content (AvgIpc) is 3.51. The second kappa shape index (κ2) is 14.2. The summed E-state index contributed by atoms with van der Waals surface area (Å²) in [5, 5.41) is 3.19. The first kappa shape index (κ1) is 30.1. The first-order valence-corrected chi connectivity index (χ1v) is 17.4. The molecule has 1 aliphatic carbocycles. The van der Waals surface area contributed by atoms with E-state index in [0.717, 1.165) is 75.6 Å². The minimum absolute atomic E-state index is 0.246. The summed E-state index contributed by atoms with van der Waals surface area (Å²) in [6, 6.07) is 6.84. The number of likely N-dealkylation sites (tertiary alicyclic amines) is 2. The van der Waals surface area contributed by atoms with E-state index in [2.05, 4.69) is 67.2 Å². The van der Waals surface area contributed by atoms with Crippen molar-refractivity contribution in [2.24, 2.45) is 11.8 Å². The highest BCUT2D eigenvalue weighted by molar-refractivity contribution is 9.10. The van der Waals surface area contributed by atoms with Crippen LogP contribution < -0.4 is 5.32 Å². The molecule has 1 atom stereocenters. The van der Waals surface area contributed by atoms with Crippen LogP contribution in [0.3, 0.4) is 0 Å². The molecule has 0 bridgehead atoms. The number of nitrogens with one attached hydrogen (secondary N) is 1. The summed E-state index contributed by atoms with van der Waals surface area (Å²) in [6.07, 6.45) is 9.38. The number of fused-ring (bicyclic) bond motifs is 2. The summed E-state index contributed by atoms with van der Waals surface area (Å²) in [6.45, 7) is 6.57. The van der Waals surface area contributed by atoms with Crippen molar-refractivity contribution in [2.75, 3.05) is 44.4 Å². The van der Waals surface area contributed by atoms with Crippen molar-refractivity contribution in [1.82, 2.24) is 20.1 Å². The highest BCUT2D eigenvalue weighted by atomic mass is 79.9. The lowest BCUT2D eigenvalue weighted by molar-refractivity contribution is -0.134. The van der Waals surface area contributed by atoms with Crippen LogP contribution in [0.25, 0.3) is 0 Å². The summed E-state index contributed by atoms with van der Waals surface area (Å²) in [5.74, 6) is 3.86. The summed E-state index contributed by atoms with van der Waals surface area (Å²) in [5.41, 5.74) is 6.66. The fraction of sp³-hybridized carbons (Fsp3) is 0.581. The lowest BCUT2D eigenvalue weighted by Gasteiger charge is -2.38. The Kier molecular flexibility index (Phi) is 10.6. The van der Waals surface area contributed by atoms with Crippen LogP contribution >= 0.6 is 43.6 Å². The second-order valence-electron chi connectivity index (χ2n) is 11.6. The van der Waals surface area contributed by atoms with Gasteiger partial charge in [-0.1, -0.05) is 22.0 Å². The standard InChI is InChI=1S/C28H33Br2N3O2.C3H7NS/c1-18-12-21-2-3-22-15-23(29)16-31-28(22)27(26(21)24(30)13-18)20-6-10-33(11-7-20)25(35)14-19-4-8-32(17-34)9-5-19;1-2-5-3-4-1/h12-13,15-17,19-20,27H,2-11,14H2,1H3;4H,1-3H2/t27-;/m1./s1. The Bertz CT molecular complexity index is 1180. The van der Waals surface area contributed by atoms with Gasteiger partial charge in [-0.25, -0.2) is 0 Å². The van der Waals surface area contributed by atoms with Crippen LogP contribution in [0.1, 0.15) is 66.0 Å². The zero-order chi connectivity index (χ0) is 28.1. The van der Waals surface area contributed by atoms with Gasteiger partial charge < -0.3 is 15.1 Å². The van der Waals surface area contributed by atoms with Crippen molar-refractivity contribution in [3.63, 3.8) is 0 Å². The van der Waals surface area contributed by atoms with Crippen LogP contribution in [-0.2, 0) is 22.4 Å². The van der Waals surface area contributed by atoms with Gasteiger partial charge in [-0.3, -0.25) is 14.6 Å². The number of aryl methyl sites for hydroxylation is 3. The zero-order valence-electron chi connectivity index (χ0n) is 23.3. The molecule has 0 spiro atoms. The molecule has 0 saturated carbocycles. The Labute approximate surface area is 259 Å². The van der Waals surface area contributed by atoms with Gasteiger partial charge >= 0.3 is 0 Å². The third-order valence-corrected chi connectivity index (χ3v) is 10.8. The van der Waals surface area contributed by atoms with Gasteiger partial charge in [0.05, 0.1) is 5.69 Å². The number of aromatic nitrogens is 1. The predicted molar refractivity (Wildman–Crippen MR) is 170 cm³/mol. The molecule has 6 rings (SSSR count). The van der Waals surface area contributed by atoms with E-state index in [4.69, 9.17) is 4.98 Å². The Balaban J connectivity index is 0.000000582. The Morgan fingerprint density at radius 1 is 1.07 bits per heavy atom. The fourth-order valence-electron chi connectivity index (χ4n) is 6.70. The number of amides is 2. The summed E-state index contributed by atoms with van der Waals surface area (Å²) in [4.78, 5) is 32.9. The molecule has 4 heterocycles. The molecule has 1 aromatic carbocycles. The van der Waals surface area contributed by atoms with Gasteiger partial charge in [-0.15, -0.1) is 11.8 Å². The molecule has 3 aliphatic heterocycles. The number of thioether (sulfide) groups is 1. The summed E-state index contributed by atoms with van der Waals surface area (Å²) < 4.78 is 2.23. The molecule has 216 valence electrons. The van der Waals surface area contributed by atoms with E-state index in [1.807, 2.05) is 22.9 Å². The highest BCUT2D eigenvalue weighted by Gasteiger charge is 2.36. The molecule has 3 fully saturated rings. The minimum atomic E-state index is 0.246. The molecular formula is C31H40Br2N4O2S. The maximum absolute atomic E-state index is 13.1. The van der Waals surface area contributed by atoms with Crippen LogP contribution in [-0.4, -0.2) is 71.5 Å². The third kappa shape index (κ3) is 7.31. The van der Waals surface area contributed by atoms with Gasteiger partial charge in [0.25, 0.3) is 0 Å². The van der Waals surface area contributed by atoms with Gasteiger partial charge in [0.2, 0.25) is 12.3 Å². The monoisotopic (exact) mass is 690 g/mol. The molecule has 1 N–H and O–H groups in total. The van der Waals surface area contributed by atoms with E-state index >= 15 is 0 Å². The van der Waals surface area contributed by atoms with Crippen molar-refractivity contribution in [1.29, 1.82) is 0 Å². The van der Waals surface area contributed by atoms with Crippen molar-refractivity contribution >= 4 is 55.9 Å². The van der Waals surface area contributed by atoms with Crippen LogP contribution in [0, 0.1) is 18.8 Å². The Hall–Kier alpha value is -1.42. The SMILES string of the molecule is C1CSCN1.Cc1cc(Br)c2c(c1)CCc1cc(Br)cnc1[C@@H]2C1CCN(C(=O)CC2CCN(C=O)CC2)CC1. The number of carbonyl (C=O) groups is 2. The van der Waals surface area contributed by atoms with Crippen LogP contribution in [0.4, 0.5) is 0 Å². The predicted octanol–water partition coefficient (Wildman–Crippen LogP) is 5.92. The average molecular weight is 693 g/mol. The summed E-state index contributed by atoms with van der Waals surface area (Å²) in [7, 11) is 0. The normalized spacial score (nSPS) is 21.6. The van der Waals surface area contributed by atoms with Gasteiger partial charge in [0.15, 0.2) is 0 Å². The van der Waals surface area contributed by atoms with Gasteiger partial charge in [-0.05, 0) is 108 Å². The number of rotatable bonds is 4. The molecular weight excluding hydrogens is 652 g/mol. The quantitative estimate of drug-likeness (QED) is 0.404. The number of carbonyl (C=O) groups excluding carboxylic acids is 2. The van der Waals surface area contributed by atoms with E-state index in [0.29, 0.717) is 18.3 Å². The Morgan fingerprint density at radius 2 is 1.82 bits per heavy atom.